The lowest BCUT2D eigenvalue weighted by Gasteiger charge is -2.24. The lowest BCUT2D eigenvalue weighted by molar-refractivity contribution is -0.136. The molecule has 0 aromatic heterocycles. The number of benzene rings is 1. The number of alkyl halides is 3. The van der Waals surface area contributed by atoms with Gasteiger partial charge in [-0.3, -0.25) is 0 Å². The third-order valence-corrected chi connectivity index (χ3v) is 3.26. The van der Waals surface area contributed by atoms with E-state index in [0.29, 0.717) is 18.2 Å². The predicted molar refractivity (Wildman–Crippen MR) is 66.5 cm³/mol. The number of hydrogen-bond donors (Lipinski definition) is 1. The predicted octanol–water partition coefficient (Wildman–Crippen LogP) is 3.52. The van der Waals surface area contributed by atoms with Crippen molar-refractivity contribution in [3.8, 4) is 0 Å². The molecule has 0 saturated heterocycles. The van der Waals surface area contributed by atoms with Crippen LogP contribution in [0.1, 0.15) is 25.3 Å². The van der Waals surface area contributed by atoms with E-state index in [-0.39, 0.29) is 5.69 Å². The second-order valence-corrected chi connectivity index (χ2v) is 4.75. The van der Waals surface area contributed by atoms with Gasteiger partial charge in [-0.2, -0.15) is 13.2 Å². The van der Waals surface area contributed by atoms with Gasteiger partial charge >= 0.3 is 6.18 Å². The van der Waals surface area contributed by atoms with Gasteiger partial charge in [0.1, 0.15) is 0 Å². The van der Waals surface area contributed by atoms with Crippen LogP contribution >= 0.6 is 0 Å². The molecule has 0 amide bonds. The lowest BCUT2D eigenvalue weighted by atomic mass is 10.1. The minimum atomic E-state index is -4.39. The van der Waals surface area contributed by atoms with E-state index in [4.69, 9.17) is 5.73 Å². The van der Waals surface area contributed by atoms with Crippen LogP contribution in [0.2, 0.25) is 0 Å². The number of halogens is 3. The standard InChI is InChI=1S/C13H17F3N2/c1-2-18(8-9-3-4-9)10-5-6-12(17)11(7-10)13(14,15)16/h5-7,9H,2-4,8,17H2,1H3. The van der Waals surface area contributed by atoms with Gasteiger partial charge in [-0.25, -0.2) is 0 Å². The molecule has 18 heavy (non-hydrogen) atoms. The summed E-state index contributed by atoms with van der Waals surface area (Å²) in [5.74, 6) is 0.636. The number of nitrogens with two attached hydrogens (primary N) is 1. The molecule has 0 heterocycles. The molecule has 0 spiro atoms. The van der Waals surface area contributed by atoms with Gasteiger partial charge in [0.05, 0.1) is 5.56 Å². The zero-order valence-electron chi connectivity index (χ0n) is 10.3. The van der Waals surface area contributed by atoms with E-state index in [0.717, 1.165) is 12.6 Å². The second-order valence-electron chi connectivity index (χ2n) is 4.75. The third-order valence-electron chi connectivity index (χ3n) is 3.26. The van der Waals surface area contributed by atoms with Gasteiger partial charge in [-0.15, -0.1) is 0 Å². The number of nitrogens with zero attached hydrogens (tertiary/aromatic N) is 1. The molecular formula is C13H17F3N2. The Bertz CT molecular complexity index is 425. The van der Waals surface area contributed by atoms with Crippen molar-refractivity contribution in [1.82, 2.24) is 0 Å². The molecule has 2 rings (SSSR count). The molecule has 0 aliphatic heterocycles. The van der Waals surface area contributed by atoms with Crippen LogP contribution in [0.4, 0.5) is 24.5 Å². The van der Waals surface area contributed by atoms with Crippen LogP contribution in [-0.4, -0.2) is 13.1 Å². The fourth-order valence-electron chi connectivity index (χ4n) is 2.02. The molecule has 100 valence electrons. The molecule has 0 unspecified atom stereocenters. The van der Waals surface area contributed by atoms with Gasteiger partial charge in [0.25, 0.3) is 0 Å². The summed E-state index contributed by atoms with van der Waals surface area (Å²) in [6.45, 7) is 3.49. The maximum Gasteiger partial charge on any atom is 0.418 e. The maximum absolute atomic E-state index is 12.8. The number of nitrogen functional groups attached to an aromatic ring is 1. The Morgan fingerprint density at radius 1 is 1.33 bits per heavy atom. The van der Waals surface area contributed by atoms with E-state index >= 15 is 0 Å². The van der Waals surface area contributed by atoms with E-state index in [1.54, 1.807) is 6.07 Å². The van der Waals surface area contributed by atoms with Crippen molar-refractivity contribution in [2.24, 2.45) is 5.92 Å². The van der Waals surface area contributed by atoms with Gasteiger partial charge in [0.15, 0.2) is 0 Å². The quantitative estimate of drug-likeness (QED) is 0.837. The molecule has 0 bridgehead atoms. The Morgan fingerprint density at radius 2 is 2.00 bits per heavy atom. The highest BCUT2D eigenvalue weighted by molar-refractivity contribution is 5.59. The second kappa shape index (κ2) is 4.71. The SMILES string of the molecule is CCN(CC1CC1)c1ccc(N)c(C(F)(F)F)c1. The van der Waals surface area contributed by atoms with Crippen LogP contribution in [-0.2, 0) is 6.18 Å². The molecule has 1 aliphatic rings. The van der Waals surface area contributed by atoms with Gasteiger partial charge < -0.3 is 10.6 Å². The highest BCUT2D eigenvalue weighted by Gasteiger charge is 2.33. The first-order valence-corrected chi connectivity index (χ1v) is 6.13. The van der Waals surface area contributed by atoms with Crippen LogP contribution in [0.15, 0.2) is 18.2 Å². The van der Waals surface area contributed by atoms with Crippen molar-refractivity contribution < 1.29 is 13.2 Å². The van der Waals surface area contributed by atoms with E-state index in [9.17, 15) is 13.2 Å². The first-order chi connectivity index (χ1) is 8.41. The summed E-state index contributed by atoms with van der Waals surface area (Å²) < 4.78 is 38.3. The van der Waals surface area contributed by atoms with Gasteiger partial charge in [-0.1, -0.05) is 0 Å². The largest absolute Gasteiger partial charge is 0.418 e. The van der Waals surface area contributed by atoms with Crippen molar-refractivity contribution in [2.45, 2.75) is 25.9 Å². The fourth-order valence-corrected chi connectivity index (χ4v) is 2.02. The van der Waals surface area contributed by atoms with Crippen molar-refractivity contribution in [3.05, 3.63) is 23.8 Å². The zero-order chi connectivity index (χ0) is 13.3. The molecule has 0 radical (unpaired) electrons. The van der Waals surface area contributed by atoms with Crippen LogP contribution in [0.3, 0.4) is 0 Å². The van der Waals surface area contributed by atoms with Crippen LogP contribution in [0, 0.1) is 5.92 Å². The van der Waals surface area contributed by atoms with Crippen LogP contribution < -0.4 is 10.6 Å². The highest BCUT2D eigenvalue weighted by Crippen LogP contribution is 2.37. The van der Waals surface area contributed by atoms with Gasteiger partial charge in [-0.05, 0) is 43.9 Å². The minimum absolute atomic E-state index is 0.214. The summed E-state index contributed by atoms with van der Waals surface area (Å²) in [5.41, 5.74) is 5.04. The average molecular weight is 258 g/mol. The fraction of sp³-hybridized carbons (Fsp3) is 0.538. The molecule has 1 aromatic rings. The summed E-state index contributed by atoms with van der Waals surface area (Å²) in [4.78, 5) is 1.98. The molecule has 1 saturated carbocycles. The van der Waals surface area contributed by atoms with E-state index in [2.05, 4.69) is 0 Å². The summed E-state index contributed by atoms with van der Waals surface area (Å²) >= 11 is 0. The summed E-state index contributed by atoms with van der Waals surface area (Å²) in [7, 11) is 0. The minimum Gasteiger partial charge on any atom is -0.398 e. The van der Waals surface area contributed by atoms with E-state index < -0.39 is 11.7 Å². The van der Waals surface area contributed by atoms with Crippen LogP contribution in [0.5, 0.6) is 0 Å². The number of anilines is 2. The summed E-state index contributed by atoms with van der Waals surface area (Å²) in [5, 5.41) is 0. The molecule has 2 nitrogen and oxygen atoms in total. The molecule has 0 atom stereocenters. The molecule has 5 heteroatoms. The lowest BCUT2D eigenvalue weighted by Crippen LogP contribution is -2.25. The van der Waals surface area contributed by atoms with E-state index in [1.165, 1.54) is 18.9 Å². The highest BCUT2D eigenvalue weighted by atomic mass is 19.4. The van der Waals surface area contributed by atoms with Crippen molar-refractivity contribution in [3.63, 3.8) is 0 Å². The monoisotopic (exact) mass is 258 g/mol. The molecule has 2 N–H and O–H groups in total. The van der Waals surface area contributed by atoms with Crippen LogP contribution in [0.25, 0.3) is 0 Å². The third kappa shape index (κ3) is 2.89. The first kappa shape index (κ1) is 13.1. The van der Waals surface area contributed by atoms with Gasteiger partial charge in [0.2, 0.25) is 0 Å². The van der Waals surface area contributed by atoms with Crippen molar-refractivity contribution in [1.29, 1.82) is 0 Å². The normalized spacial score (nSPS) is 15.8. The molecule has 1 aromatic carbocycles. The number of rotatable bonds is 4. The zero-order valence-corrected chi connectivity index (χ0v) is 10.3. The molecule has 1 aliphatic carbocycles. The smallest absolute Gasteiger partial charge is 0.398 e. The topological polar surface area (TPSA) is 29.3 Å². The summed E-state index contributed by atoms with van der Waals surface area (Å²) in [6, 6.07) is 4.16. The molecule has 1 fully saturated rings. The Hall–Kier alpha value is -1.39. The van der Waals surface area contributed by atoms with E-state index in [1.807, 2.05) is 11.8 Å². The Labute approximate surface area is 105 Å². The molecular weight excluding hydrogens is 241 g/mol. The Balaban J connectivity index is 2.26. The van der Waals surface area contributed by atoms with Crippen molar-refractivity contribution in [2.75, 3.05) is 23.7 Å². The summed E-state index contributed by atoms with van der Waals surface area (Å²) in [6.07, 6.45) is -2.03. The maximum atomic E-state index is 12.8. The Kier molecular flexibility index (Phi) is 3.41. The number of hydrogen-bond acceptors (Lipinski definition) is 2. The Morgan fingerprint density at radius 3 is 2.50 bits per heavy atom. The average Bonchev–Trinajstić information content (AvgIpc) is 3.09. The first-order valence-electron chi connectivity index (χ1n) is 6.13. The van der Waals surface area contributed by atoms with Crippen molar-refractivity contribution >= 4 is 11.4 Å². The van der Waals surface area contributed by atoms with Gasteiger partial charge in [0, 0.05) is 24.5 Å².